The molecule has 2 aromatic rings. The molecule has 0 unspecified atom stereocenters. The Balaban J connectivity index is 2.61. The summed E-state index contributed by atoms with van der Waals surface area (Å²) in [5, 5.41) is 0.725. The van der Waals surface area contributed by atoms with E-state index in [0.29, 0.717) is 5.82 Å². The maximum atomic E-state index is 12.2. The molecule has 0 fully saturated rings. The highest BCUT2D eigenvalue weighted by molar-refractivity contribution is 5.81. The van der Waals surface area contributed by atoms with E-state index in [9.17, 15) is 4.79 Å². The van der Waals surface area contributed by atoms with Gasteiger partial charge in [0.1, 0.15) is 5.82 Å². The van der Waals surface area contributed by atoms with Crippen molar-refractivity contribution in [3.05, 3.63) is 40.1 Å². The molecule has 0 radical (unpaired) electrons. The first-order valence-corrected chi connectivity index (χ1v) is 5.63. The summed E-state index contributed by atoms with van der Waals surface area (Å²) < 4.78 is 0. The molecule has 2 rings (SSSR count). The van der Waals surface area contributed by atoms with Crippen LogP contribution in [0.2, 0.25) is 0 Å². The van der Waals surface area contributed by atoms with Crippen molar-refractivity contribution in [3.63, 3.8) is 0 Å². The molecule has 0 aliphatic rings. The molecule has 0 aliphatic carbocycles. The number of anilines is 1. The summed E-state index contributed by atoms with van der Waals surface area (Å²) in [7, 11) is 0. The monoisotopic (exact) mass is 216 g/mol. The van der Waals surface area contributed by atoms with Gasteiger partial charge in [-0.1, -0.05) is 25.5 Å². The predicted octanol–water partition coefficient (Wildman–Crippen LogP) is 2.45. The van der Waals surface area contributed by atoms with E-state index in [1.165, 1.54) is 0 Å². The topological polar surface area (TPSA) is 58.9 Å². The number of rotatable bonds is 3. The maximum Gasteiger partial charge on any atom is 0.194 e. The summed E-state index contributed by atoms with van der Waals surface area (Å²) in [4.78, 5) is 15.2. The van der Waals surface area contributed by atoms with Gasteiger partial charge < -0.3 is 10.7 Å². The molecule has 0 saturated carbocycles. The largest absolute Gasteiger partial charge is 0.385 e. The van der Waals surface area contributed by atoms with Gasteiger partial charge >= 0.3 is 0 Å². The average molecular weight is 216 g/mol. The van der Waals surface area contributed by atoms with Crippen LogP contribution in [0.5, 0.6) is 0 Å². The molecule has 0 amide bonds. The van der Waals surface area contributed by atoms with Gasteiger partial charge in [0.25, 0.3) is 0 Å². The zero-order valence-corrected chi connectivity index (χ0v) is 9.42. The number of nitrogens with two attached hydrogens (primary N) is 1. The maximum absolute atomic E-state index is 12.2. The van der Waals surface area contributed by atoms with Crippen LogP contribution in [-0.4, -0.2) is 4.98 Å². The molecule has 3 nitrogen and oxygen atoms in total. The molecule has 3 N–H and O–H groups in total. The molecule has 84 valence electrons. The number of nitrogen functional groups attached to an aromatic ring is 1. The number of unbranched alkanes of at least 4 members (excludes halogenated alkanes) is 1. The summed E-state index contributed by atoms with van der Waals surface area (Å²) in [6, 6.07) is 7.47. The summed E-state index contributed by atoms with van der Waals surface area (Å²) in [5.41, 5.74) is 7.48. The number of para-hydroxylation sites is 1. The lowest BCUT2D eigenvalue weighted by Crippen LogP contribution is -2.14. The van der Waals surface area contributed by atoms with E-state index < -0.39 is 0 Å². The van der Waals surface area contributed by atoms with Gasteiger partial charge in [0.15, 0.2) is 5.43 Å². The molecule has 0 atom stereocenters. The molecule has 3 heteroatoms. The highest BCUT2D eigenvalue weighted by Crippen LogP contribution is 2.14. The van der Waals surface area contributed by atoms with Crippen LogP contribution in [0.4, 0.5) is 5.82 Å². The van der Waals surface area contributed by atoms with Crippen LogP contribution in [0, 0.1) is 0 Å². The van der Waals surface area contributed by atoms with E-state index in [4.69, 9.17) is 5.73 Å². The molecular weight excluding hydrogens is 200 g/mol. The van der Waals surface area contributed by atoms with Crippen LogP contribution >= 0.6 is 0 Å². The quantitative estimate of drug-likeness (QED) is 0.828. The number of hydrogen-bond donors (Lipinski definition) is 2. The number of H-pyrrole nitrogens is 1. The molecule has 0 bridgehead atoms. The van der Waals surface area contributed by atoms with E-state index in [2.05, 4.69) is 11.9 Å². The Bertz CT molecular complexity index is 557. The molecule has 1 heterocycles. The highest BCUT2D eigenvalue weighted by Gasteiger charge is 2.08. The first-order chi connectivity index (χ1) is 7.74. The van der Waals surface area contributed by atoms with Crippen molar-refractivity contribution < 1.29 is 0 Å². The van der Waals surface area contributed by atoms with Crippen LogP contribution < -0.4 is 11.2 Å². The van der Waals surface area contributed by atoms with Crippen molar-refractivity contribution in [2.45, 2.75) is 26.2 Å². The van der Waals surface area contributed by atoms with Crippen molar-refractivity contribution in [1.82, 2.24) is 4.98 Å². The minimum Gasteiger partial charge on any atom is -0.385 e. The van der Waals surface area contributed by atoms with Crippen LogP contribution in [0.3, 0.4) is 0 Å². The standard InChI is InChI=1S/C13H16N2O/c1-2-3-6-10-12(16)9-7-4-5-8-11(9)15-13(10)14/h4-5,7-8H,2-3,6H2,1H3,(H3,14,15,16). The van der Waals surface area contributed by atoms with Crippen LogP contribution in [-0.2, 0) is 6.42 Å². The second kappa shape index (κ2) is 4.39. The minimum absolute atomic E-state index is 0.0697. The Morgan fingerprint density at radius 3 is 2.81 bits per heavy atom. The van der Waals surface area contributed by atoms with Gasteiger partial charge in [-0.15, -0.1) is 0 Å². The van der Waals surface area contributed by atoms with Crippen molar-refractivity contribution in [3.8, 4) is 0 Å². The zero-order chi connectivity index (χ0) is 11.5. The summed E-state index contributed by atoms with van der Waals surface area (Å²) in [6.45, 7) is 2.10. The number of benzene rings is 1. The molecule has 0 spiro atoms. The molecule has 1 aromatic heterocycles. The molecule has 0 saturated heterocycles. The van der Waals surface area contributed by atoms with Crippen molar-refractivity contribution in [1.29, 1.82) is 0 Å². The van der Waals surface area contributed by atoms with Crippen LogP contribution in [0.25, 0.3) is 10.9 Å². The third kappa shape index (κ3) is 1.81. The SMILES string of the molecule is CCCCc1c(N)[nH]c2ccccc2c1=O. The summed E-state index contributed by atoms with van der Waals surface area (Å²) in [6.07, 6.45) is 2.81. The average Bonchev–Trinajstić information content (AvgIpc) is 2.29. The minimum atomic E-state index is 0.0697. The van der Waals surface area contributed by atoms with Gasteiger partial charge in [-0.25, -0.2) is 0 Å². The fraction of sp³-hybridized carbons (Fsp3) is 0.308. The van der Waals surface area contributed by atoms with Crippen molar-refractivity contribution in [2.75, 3.05) is 5.73 Å². The number of pyridine rings is 1. The number of hydrogen-bond acceptors (Lipinski definition) is 2. The van der Waals surface area contributed by atoms with Crippen molar-refractivity contribution >= 4 is 16.7 Å². The lowest BCUT2D eigenvalue weighted by molar-refractivity contribution is 0.792. The summed E-state index contributed by atoms with van der Waals surface area (Å²) in [5.74, 6) is 0.511. The Morgan fingerprint density at radius 1 is 1.31 bits per heavy atom. The molecular formula is C13H16N2O. The normalized spacial score (nSPS) is 10.8. The Kier molecular flexibility index (Phi) is 2.95. The predicted molar refractivity (Wildman–Crippen MR) is 67.6 cm³/mol. The lowest BCUT2D eigenvalue weighted by atomic mass is 10.1. The molecule has 1 aromatic carbocycles. The van der Waals surface area contributed by atoms with Gasteiger partial charge in [0.05, 0.1) is 5.52 Å². The van der Waals surface area contributed by atoms with E-state index in [-0.39, 0.29) is 5.43 Å². The van der Waals surface area contributed by atoms with E-state index in [1.807, 2.05) is 24.3 Å². The fourth-order valence-corrected chi connectivity index (χ4v) is 1.90. The van der Waals surface area contributed by atoms with Gasteiger partial charge in [-0.3, -0.25) is 4.79 Å². The number of fused-ring (bicyclic) bond motifs is 1. The van der Waals surface area contributed by atoms with E-state index in [1.54, 1.807) is 0 Å². The number of aromatic amines is 1. The Hall–Kier alpha value is -1.77. The highest BCUT2D eigenvalue weighted by atomic mass is 16.1. The lowest BCUT2D eigenvalue weighted by Gasteiger charge is -2.06. The van der Waals surface area contributed by atoms with Gasteiger partial charge in [-0.05, 0) is 25.0 Å². The molecule has 16 heavy (non-hydrogen) atoms. The third-order valence-electron chi connectivity index (χ3n) is 2.82. The number of nitrogens with one attached hydrogen (secondary N) is 1. The summed E-state index contributed by atoms with van der Waals surface area (Å²) >= 11 is 0. The Labute approximate surface area is 94.3 Å². The number of aromatic nitrogens is 1. The van der Waals surface area contributed by atoms with Crippen molar-refractivity contribution in [2.24, 2.45) is 0 Å². The second-order valence-corrected chi connectivity index (χ2v) is 4.00. The Morgan fingerprint density at radius 2 is 2.06 bits per heavy atom. The van der Waals surface area contributed by atoms with E-state index in [0.717, 1.165) is 35.7 Å². The zero-order valence-electron chi connectivity index (χ0n) is 9.42. The molecule has 0 aliphatic heterocycles. The van der Waals surface area contributed by atoms with Gasteiger partial charge in [0, 0.05) is 10.9 Å². The first-order valence-electron chi connectivity index (χ1n) is 5.63. The fourth-order valence-electron chi connectivity index (χ4n) is 1.90. The van der Waals surface area contributed by atoms with E-state index >= 15 is 0 Å². The van der Waals surface area contributed by atoms with Crippen LogP contribution in [0.1, 0.15) is 25.3 Å². The smallest absolute Gasteiger partial charge is 0.194 e. The van der Waals surface area contributed by atoms with Gasteiger partial charge in [-0.2, -0.15) is 0 Å². The first kappa shape index (κ1) is 10.7. The van der Waals surface area contributed by atoms with Gasteiger partial charge in [0.2, 0.25) is 0 Å². The second-order valence-electron chi connectivity index (χ2n) is 4.00. The van der Waals surface area contributed by atoms with Crippen LogP contribution in [0.15, 0.2) is 29.1 Å². The third-order valence-corrected chi connectivity index (χ3v) is 2.82.